The highest BCUT2D eigenvalue weighted by molar-refractivity contribution is 5.75. The number of benzene rings is 1. The molecule has 24 heavy (non-hydrogen) atoms. The number of para-hydroxylation sites is 2. The number of aryl methyl sites for hydroxylation is 1. The van der Waals surface area contributed by atoms with Gasteiger partial charge in [-0.3, -0.25) is 0 Å². The summed E-state index contributed by atoms with van der Waals surface area (Å²) >= 11 is 0. The summed E-state index contributed by atoms with van der Waals surface area (Å²) in [5, 5.41) is 3.04. The summed E-state index contributed by atoms with van der Waals surface area (Å²) in [6, 6.07) is 10.3. The number of nitrogens with one attached hydrogen (secondary N) is 1. The van der Waals surface area contributed by atoms with Crippen molar-refractivity contribution in [1.29, 1.82) is 0 Å². The van der Waals surface area contributed by atoms with Crippen molar-refractivity contribution in [2.45, 2.75) is 26.1 Å². The Kier molecular flexibility index (Phi) is 4.42. The maximum atomic E-state index is 12.5. The van der Waals surface area contributed by atoms with Crippen LogP contribution in [-0.2, 0) is 19.1 Å². The topological polar surface area (TPSA) is 42.7 Å². The Morgan fingerprint density at radius 3 is 2.58 bits per heavy atom. The minimum absolute atomic E-state index is 0.419. The van der Waals surface area contributed by atoms with Crippen LogP contribution in [0.5, 0.6) is 0 Å². The van der Waals surface area contributed by atoms with E-state index < -0.39 is 11.7 Å². The van der Waals surface area contributed by atoms with Crippen LogP contribution in [0.4, 0.5) is 19.0 Å². The zero-order chi connectivity index (χ0) is 17.2. The number of anilines is 1. The van der Waals surface area contributed by atoms with Gasteiger partial charge in [0.15, 0.2) is 0 Å². The van der Waals surface area contributed by atoms with Gasteiger partial charge in [0, 0.05) is 25.7 Å². The molecule has 0 spiro atoms. The van der Waals surface area contributed by atoms with Gasteiger partial charge in [-0.2, -0.15) is 13.2 Å². The largest absolute Gasteiger partial charge is 0.417 e. The van der Waals surface area contributed by atoms with Gasteiger partial charge in [0.05, 0.1) is 16.6 Å². The molecule has 0 aliphatic heterocycles. The highest BCUT2D eigenvalue weighted by Gasteiger charge is 2.30. The first-order chi connectivity index (χ1) is 11.5. The summed E-state index contributed by atoms with van der Waals surface area (Å²) in [6.45, 7) is 3.42. The highest BCUT2D eigenvalue weighted by atomic mass is 19.4. The number of pyridine rings is 1. The lowest BCUT2D eigenvalue weighted by atomic mass is 10.3. The molecule has 4 nitrogen and oxygen atoms in total. The molecule has 0 saturated heterocycles. The first-order valence-corrected chi connectivity index (χ1v) is 7.70. The highest BCUT2D eigenvalue weighted by Crippen LogP contribution is 2.28. The van der Waals surface area contributed by atoms with Gasteiger partial charge in [-0.1, -0.05) is 12.1 Å². The van der Waals surface area contributed by atoms with Crippen molar-refractivity contribution < 1.29 is 13.2 Å². The van der Waals surface area contributed by atoms with Crippen molar-refractivity contribution in [2.75, 3.05) is 11.9 Å². The number of imidazole rings is 1. The van der Waals surface area contributed by atoms with Gasteiger partial charge in [-0.25, -0.2) is 9.97 Å². The Bertz CT molecular complexity index is 822. The Labute approximate surface area is 137 Å². The Morgan fingerprint density at radius 1 is 1.12 bits per heavy atom. The molecule has 0 bridgehead atoms. The zero-order valence-corrected chi connectivity index (χ0v) is 13.1. The lowest BCUT2D eigenvalue weighted by molar-refractivity contribution is -0.137. The third-order valence-electron chi connectivity index (χ3n) is 3.80. The van der Waals surface area contributed by atoms with Crippen LogP contribution < -0.4 is 5.32 Å². The van der Waals surface area contributed by atoms with E-state index in [9.17, 15) is 13.2 Å². The molecular formula is C17H17F3N4. The molecule has 7 heteroatoms. The molecule has 2 aromatic heterocycles. The van der Waals surface area contributed by atoms with Crippen LogP contribution in [0.3, 0.4) is 0 Å². The molecule has 0 radical (unpaired) electrons. The number of fused-ring (bicyclic) bond motifs is 1. The summed E-state index contributed by atoms with van der Waals surface area (Å²) in [6.07, 6.45) is -2.87. The first kappa shape index (κ1) is 16.3. The Hall–Kier alpha value is -2.57. The summed E-state index contributed by atoms with van der Waals surface area (Å²) in [4.78, 5) is 8.42. The molecule has 3 aromatic rings. The van der Waals surface area contributed by atoms with E-state index in [-0.39, 0.29) is 0 Å². The second-order valence-corrected chi connectivity index (χ2v) is 5.37. The van der Waals surface area contributed by atoms with E-state index in [1.165, 1.54) is 6.07 Å². The average Bonchev–Trinajstić information content (AvgIpc) is 2.92. The predicted octanol–water partition coefficient (Wildman–Crippen LogP) is 4.12. The maximum Gasteiger partial charge on any atom is 0.417 e. The molecule has 0 unspecified atom stereocenters. The summed E-state index contributed by atoms with van der Waals surface area (Å²) < 4.78 is 39.7. The van der Waals surface area contributed by atoms with Crippen molar-refractivity contribution >= 4 is 16.9 Å². The fraction of sp³-hybridized carbons (Fsp3) is 0.294. The predicted molar refractivity (Wildman–Crippen MR) is 86.8 cm³/mol. The third-order valence-corrected chi connectivity index (χ3v) is 3.80. The van der Waals surface area contributed by atoms with Gasteiger partial charge < -0.3 is 9.88 Å². The smallest absolute Gasteiger partial charge is 0.370 e. The zero-order valence-electron chi connectivity index (χ0n) is 13.1. The number of rotatable bonds is 5. The van der Waals surface area contributed by atoms with Crippen molar-refractivity contribution in [3.63, 3.8) is 0 Å². The summed E-state index contributed by atoms with van der Waals surface area (Å²) in [7, 11) is 0. The fourth-order valence-electron chi connectivity index (χ4n) is 2.64. The van der Waals surface area contributed by atoms with Crippen LogP contribution in [0.15, 0.2) is 42.6 Å². The van der Waals surface area contributed by atoms with Gasteiger partial charge in [0.25, 0.3) is 0 Å². The van der Waals surface area contributed by atoms with Gasteiger partial charge in [0.2, 0.25) is 0 Å². The monoisotopic (exact) mass is 334 g/mol. The van der Waals surface area contributed by atoms with Crippen molar-refractivity contribution in [1.82, 2.24) is 14.5 Å². The van der Waals surface area contributed by atoms with Crippen LogP contribution in [0.1, 0.15) is 18.3 Å². The molecule has 0 atom stereocenters. The molecule has 0 amide bonds. The number of halogens is 3. The lowest BCUT2D eigenvalue weighted by Gasteiger charge is -2.09. The second-order valence-electron chi connectivity index (χ2n) is 5.37. The van der Waals surface area contributed by atoms with Gasteiger partial charge in [-0.05, 0) is 31.2 Å². The molecule has 126 valence electrons. The number of alkyl halides is 3. The number of hydrogen-bond donors (Lipinski definition) is 1. The number of nitrogens with zero attached hydrogens (tertiary/aromatic N) is 3. The van der Waals surface area contributed by atoms with Crippen LogP contribution in [0.2, 0.25) is 0 Å². The molecule has 1 N–H and O–H groups in total. The maximum absolute atomic E-state index is 12.5. The minimum atomic E-state index is -4.36. The van der Waals surface area contributed by atoms with E-state index in [1.807, 2.05) is 24.3 Å². The minimum Gasteiger partial charge on any atom is -0.370 e. The standard InChI is InChI=1S/C17H17F3N4/c1-2-24-14-6-4-3-5-13(14)23-16(24)9-10-21-15-8-7-12(11-22-15)17(18,19)20/h3-8,11H,2,9-10H2,1H3,(H,21,22). The molecule has 2 heterocycles. The third kappa shape index (κ3) is 3.34. The van der Waals surface area contributed by atoms with Gasteiger partial charge >= 0.3 is 6.18 Å². The van der Waals surface area contributed by atoms with Gasteiger partial charge in [0.1, 0.15) is 11.6 Å². The normalized spacial score (nSPS) is 11.8. The molecule has 0 aliphatic carbocycles. The first-order valence-electron chi connectivity index (χ1n) is 7.70. The Balaban J connectivity index is 1.66. The molecule has 0 fully saturated rings. The van der Waals surface area contributed by atoms with E-state index in [4.69, 9.17) is 0 Å². The molecule has 1 aromatic carbocycles. The molecular weight excluding hydrogens is 317 g/mol. The van der Waals surface area contributed by atoms with Crippen LogP contribution >= 0.6 is 0 Å². The van der Waals surface area contributed by atoms with E-state index >= 15 is 0 Å². The van der Waals surface area contributed by atoms with E-state index in [0.29, 0.717) is 18.8 Å². The lowest BCUT2D eigenvalue weighted by Crippen LogP contribution is -2.11. The van der Waals surface area contributed by atoms with E-state index in [0.717, 1.165) is 35.7 Å². The fourth-order valence-corrected chi connectivity index (χ4v) is 2.64. The van der Waals surface area contributed by atoms with Crippen LogP contribution in [-0.4, -0.2) is 21.1 Å². The van der Waals surface area contributed by atoms with Crippen LogP contribution in [0.25, 0.3) is 11.0 Å². The van der Waals surface area contributed by atoms with E-state index in [1.54, 1.807) is 0 Å². The van der Waals surface area contributed by atoms with Crippen molar-refractivity contribution in [2.24, 2.45) is 0 Å². The van der Waals surface area contributed by atoms with E-state index in [2.05, 4.69) is 26.8 Å². The summed E-state index contributed by atoms with van der Waals surface area (Å²) in [5.74, 6) is 1.36. The number of hydrogen-bond acceptors (Lipinski definition) is 3. The van der Waals surface area contributed by atoms with Crippen LogP contribution in [0, 0.1) is 0 Å². The Morgan fingerprint density at radius 2 is 1.92 bits per heavy atom. The quantitative estimate of drug-likeness (QED) is 0.763. The van der Waals surface area contributed by atoms with Crippen molar-refractivity contribution in [3.8, 4) is 0 Å². The van der Waals surface area contributed by atoms with Crippen molar-refractivity contribution in [3.05, 3.63) is 54.0 Å². The SMILES string of the molecule is CCn1c(CCNc2ccc(C(F)(F)F)cn2)nc2ccccc21. The molecule has 3 rings (SSSR count). The summed E-state index contributed by atoms with van der Waals surface area (Å²) in [5.41, 5.74) is 1.28. The number of aromatic nitrogens is 3. The second kappa shape index (κ2) is 6.51. The molecule has 0 saturated carbocycles. The average molecular weight is 334 g/mol. The molecule has 0 aliphatic rings. The van der Waals surface area contributed by atoms with Gasteiger partial charge in [-0.15, -0.1) is 0 Å².